The lowest BCUT2D eigenvalue weighted by Gasteiger charge is -2.07. The van der Waals surface area contributed by atoms with E-state index in [1.807, 2.05) is 49.4 Å². The van der Waals surface area contributed by atoms with Crippen LogP contribution >= 0.6 is 27.3 Å². The smallest absolute Gasteiger partial charge is 0.310 e. The van der Waals surface area contributed by atoms with Crippen LogP contribution in [0.5, 0.6) is 11.6 Å². The van der Waals surface area contributed by atoms with Gasteiger partial charge in [-0.2, -0.15) is 0 Å². The number of rotatable bonds is 5. The minimum Gasteiger partial charge on any atom is -0.493 e. The van der Waals surface area contributed by atoms with Gasteiger partial charge < -0.3 is 9.84 Å². The Labute approximate surface area is 174 Å². The molecule has 0 saturated heterocycles. The zero-order valence-electron chi connectivity index (χ0n) is 15.1. The molecule has 1 aliphatic heterocycles. The molecule has 142 valence electrons. The van der Waals surface area contributed by atoms with E-state index in [-0.39, 0.29) is 17.3 Å². The van der Waals surface area contributed by atoms with Gasteiger partial charge in [-0.05, 0) is 43.3 Å². The summed E-state index contributed by atoms with van der Waals surface area (Å²) in [5.41, 5.74) is 3.84. The van der Waals surface area contributed by atoms with Gasteiger partial charge in [0.15, 0.2) is 0 Å². The first kappa shape index (κ1) is 18.7. The SMILES string of the molecule is Cc1ccc(OCCn2c(O)c(/C=C3/C=Nc4ccc(Br)cc43)sc2=O)cc1. The molecule has 2 aromatic carbocycles. The number of aromatic hydroxyl groups is 1. The maximum Gasteiger partial charge on any atom is 0.310 e. The van der Waals surface area contributed by atoms with Gasteiger partial charge in [0, 0.05) is 21.8 Å². The molecule has 28 heavy (non-hydrogen) atoms. The number of hydrogen-bond donors (Lipinski definition) is 1. The topological polar surface area (TPSA) is 63.8 Å². The molecule has 0 aliphatic carbocycles. The second-order valence-electron chi connectivity index (χ2n) is 6.39. The standard InChI is InChI=1S/C21H17BrN2O3S/c1-13-2-5-16(6-3-13)27-9-8-24-20(25)19(28-21(24)26)10-14-12-23-18-7-4-15(22)11-17(14)18/h2-7,10-12,25H,8-9H2,1H3/b14-10-. The number of benzene rings is 2. The number of aryl methyl sites for hydroxylation is 1. The molecule has 1 aliphatic rings. The molecular weight excluding hydrogens is 440 g/mol. The third-order valence-electron chi connectivity index (χ3n) is 4.40. The Bertz CT molecular complexity index is 1140. The van der Waals surface area contributed by atoms with Crippen LogP contribution in [0.15, 0.2) is 56.7 Å². The van der Waals surface area contributed by atoms with Gasteiger partial charge in [0.05, 0.1) is 17.1 Å². The zero-order chi connectivity index (χ0) is 19.7. The van der Waals surface area contributed by atoms with Crippen molar-refractivity contribution in [3.05, 3.63) is 72.6 Å². The first-order chi connectivity index (χ1) is 13.5. The number of aliphatic imine (C=N–C) groups is 1. The Morgan fingerprint density at radius 3 is 2.82 bits per heavy atom. The van der Waals surface area contributed by atoms with Crippen molar-refractivity contribution in [3.8, 4) is 11.6 Å². The molecule has 0 unspecified atom stereocenters. The molecule has 0 bridgehead atoms. The highest BCUT2D eigenvalue weighted by molar-refractivity contribution is 9.10. The fraction of sp³-hybridized carbons (Fsp3) is 0.143. The maximum absolute atomic E-state index is 12.3. The number of allylic oxidation sites excluding steroid dienone is 1. The molecule has 2 heterocycles. The van der Waals surface area contributed by atoms with Crippen molar-refractivity contribution in [1.82, 2.24) is 4.57 Å². The summed E-state index contributed by atoms with van der Waals surface area (Å²) in [5.74, 6) is 0.687. The van der Waals surface area contributed by atoms with Crippen LogP contribution in [0.3, 0.4) is 0 Å². The van der Waals surface area contributed by atoms with E-state index in [1.54, 1.807) is 12.3 Å². The lowest BCUT2D eigenvalue weighted by molar-refractivity contribution is 0.286. The predicted molar refractivity (Wildman–Crippen MR) is 117 cm³/mol. The second kappa shape index (κ2) is 7.77. The van der Waals surface area contributed by atoms with E-state index in [2.05, 4.69) is 20.9 Å². The summed E-state index contributed by atoms with van der Waals surface area (Å²) >= 11 is 4.47. The molecule has 0 radical (unpaired) electrons. The van der Waals surface area contributed by atoms with Gasteiger partial charge in [-0.25, -0.2) is 0 Å². The summed E-state index contributed by atoms with van der Waals surface area (Å²) in [6.45, 7) is 2.57. The van der Waals surface area contributed by atoms with E-state index in [1.165, 1.54) is 4.57 Å². The molecule has 0 saturated carbocycles. The lowest BCUT2D eigenvalue weighted by Crippen LogP contribution is -2.17. The number of nitrogens with zero attached hydrogens (tertiary/aromatic N) is 2. The van der Waals surface area contributed by atoms with Crippen LogP contribution in [0.25, 0.3) is 11.6 Å². The maximum atomic E-state index is 12.3. The zero-order valence-corrected chi connectivity index (χ0v) is 17.5. The van der Waals surface area contributed by atoms with E-state index in [0.717, 1.165) is 43.9 Å². The summed E-state index contributed by atoms with van der Waals surface area (Å²) in [4.78, 5) is 17.0. The average molecular weight is 457 g/mol. The Hall–Kier alpha value is -2.64. The molecule has 5 nitrogen and oxygen atoms in total. The monoisotopic (exact) mass is 456 g/mol. The van der Waals surface area contributed by atoms with Gasteiger partial charge in [-0.15, -0.1) is 0 Å². The van der Waals surface area contributed by atoms with E-state index in [9.17, 15) is 9.90 Å². The Morgan fingerprint density at radius 1 is 1.25 bits per heavy atom. The van der Waals surface area contributed by atoms with Crippen LogP contribution < -0.4 is 9.61 Å². The van der Waals surface area contributed by atoms with Gasteiger partial charge >= 0.3 is 4.87 Å². The highest BCUT2D eigenvalue weighted by atomic mass is 79.9. The minimum atomic E-state index is -0.221. The molecule has 0 atom stereocenters. The molecular formula is C21H17BrN2O3S. The Balaban J connectivity index is 1.52. The molecule has 3 aromatic rings. The quantitative estimate of drug-likeness (QED) is 0.585. The molecule has 0 amide bonds. The fourth-order valence-corrected chi connectivity index (χ4v) is 4.14. The van der Waals surface area contributed by atoms with Gasteiger partial charge in [-0.1, -0.05) is 45.0 Å². The van der Waals surface area contributed by atoms with Gasteiger partial charge in [-0.3, -0.25) is 14.4 Å². The summed E-state index contributed by atoms with van der Waals surface area (Å²) in [5, 5.41) is 10.5. The van der Waals surface area contributed by atoms with Crippen molar-refractivity contribution < 1.29 is 9.84 Å². The van der Waals surface area contributed by atoms with Crippen molar-refractivity contribution in [2.24, 2.45) is 4.99 Å². The summed E-state index contributed by atoms with van der Waals surface area (Å²) < 4.78 is 7.95. The molecule has 1 N–H and O–H groups in total. The number of aromatic nitrogens is 1. The van der Waals surface area contributed by atoms with Crippen LogP contribution in [0, 0.1) is 6.92 Å². The van der Waals surface area contributed by atoms with Crippen LogP contribution in [-0.4, -0.2) is 22.5 Å². The largest absolute Gasteiger partial charge is 0.493 e. The number of thiazole rings is 1. The highest BCUT2D eigenvalue weighted by Crippen LogP contribution is 2.36. The average Bonchev–Trinajstić information content (AvgIpc) is 3.19. The molecule has 0 spiro atoms. The molecule has 1 aromatic heterocycles. The summed E-state index contributed by atoms with van der Waals surface area (Å²) in [7, 11) is 0. The van der Waals surface area contributed by atoms with Crippen molar-refractivity contribution in [2.75, 3.05) is 6.61 Å². The lowest BCUT2D eigenvalue weighted by atomic mass is 10.1. The van der Waals surface area contributed by atoms with Crippen LogP contribution in [-0.2, 0) is 6.54 Å². The molecule has 0 fully saturated rings. The van der Waals surface area contributed by atoms with E-state index in [0.29, 0.717) is 11.5 Å². The third kappa shape index (κ3) is 3.81. The van der Waals surface area contributed by atoms with Crippen molar-refractivity contribution in [1.29, 1.82) is 0 Å². The van der Waals surface area contributed by atoms with Gasteiger partial charge in [0.2, 0.25) is 5.88 Å². The first-order valence-corrected chi connectivity index (χ1v) is 10.3. The summed E-state index contributed by atoms with van der Waals surface area (Å²) in [6, 6.07) is 13.5. The number of hydrogen-bond acceptors (Lipinski definition) is 5. The summed E-state index contributed by atoms with van der Waals surface area (Å²) in [6.07, 6.45) is 3.53. The number of halogens is 1. The van der Waals surface area contributed by atoms with Crippen LogP contribution in [0.1, 0.15) is 16.0 Å². The van der Waals surface area contributed by atoms with Gasteiger partial charge in [0.1, 0.15) is 12.4 Å². The van der Waals surface area contributed by atoms with E-state index >= 15 is 0 Å². The van der Waals surface area contributed by atoms with Crippen LogP contribution in [0.2, 0.25) is 0 Å². The first-order valence-electron chi connectivity index (χ1n) is 8.69. The number of fused-ring (bicyclic) bond motifs is 1. The van der Waals surface area contributed by atoms with Crippen molar-refractivity contribution in [3.63, 3.8) is 0 Å². The fourth-order valence-electron chi connectivity index (χ4n) is 2.91. The van der Waals surface area contributed by atoms with E-state index < -0.39 is 0 Å². The van der Waals surface area contributed by atoms with Crippen molar-refractivity contribution >= 4 is 50.8 Å². The van der Waals surface area contributed by atoms with E-state index in [4.69, 9.17) is 4.74 Å². The Morgan fingerprint density at radius 2 is 2.04 bits per heavy atom. The molecule has 7 heteroatoms. The van der Waals surface area contributed by atoms with Gasteiger partial charge in [0.25, 0.3) is 0 Å². The van der Waals surface area contributed by atoms with Crippen LogP contribution in [0.4, 0.5) is 5.69 Å². The predicted octanol–water partition coefficient (Wildman–Crippen LogP) is 5.02. The highest BCUT2D eigenvalue weighted by Gasteiger charge is 2.17. The van der Waals surface area contributed by atoms with Crippen molar-refractivity contribution in [2.45, 2.75) is 13.5 Å². The Kier molecular flexibility index (Phi) is 5.19. The normalized spacial score (nSPS) is 13.9. The minimum absolute atomic E-state index is 0.0492. The molecule has 4 rings (SSSR count). The second-order valence-corrected chi connectivity index (χ2v) is 8.30. The number of ether oxygens (including phenoxy) is 1. The third-order valence-corrected chi connectivity index (χ3v) is 5.81.